The lowest BCUT2D eigenvalue weighted by Gasteiger charge is -2.03. The molecule has 0 radical (unpaired) electrons. The SMILES string of the molecule is CS(=O)(=O)c1cc(C#N)ccc1C(=O)O. The minimum absolute atomic E-state index is 0.112. The van der Waals surface area contributed by atoms with Crippen LogP contribution in [0.3, 0.4) is 0 Å². The number of sulfone groups is 1. The van der Waals surface area contributed by atoms with Crippen molar-refractivity contribution in [3.63, 3.8) is 0 Å². The Hall–Kier alpha value is -1.87. The van der Waals surface area contributed by atoms with Crippen LogP contribution < -0.4 is 0 Å². The zero-order chi connectivity index (χ0) is 11.6. The maximum absolute atomic E-state index is 11.3. The van der Waals surface area contributed by atoms with Crippen LogP contribution in [0.5, 0.6) is 0 Å². The molecule has 0 saturated carbocycles. The molecule has 5 nitrogen and oxygen atoms in total. The van der Waals surface area contributed by atoms with E-state index in [-0.39, 0.29) is 16.0 Å². The van der Waals surface area contributed by atoms with Crippen molar-refractivity contribution in [2.45, 2.75) is 4.90 Å². The molecule has 0 aromatic heterocycles. The number of carboxylic acids is 1. The van der Waals surface area contributed by atoms with Gasteiger partial charge in [0.2, 0.25) is 0 Å². The third-order valence-corrected chi connectivity index (χ3v) is 2.88. The van der Waals surface area contributed by atoms with E-state index in [0.717, 1.165) is 18.4 Å². The lowest BCUT2D eigenvalue weighted by molar-refractivity contribution is 0.0692. The Morgan fingerprint density at radius 2 is 2.07 bits per heavy atom. The molecule has 0 aliphatic rings. The van der Waals surface area contributed by atoms with Gasteiger partial charge < -0.3 is 5.11 Å². The number of nitriles is 1. The van der Waals surface area contributed by atoms with E-state index in [1.165, 1.54) is 6.07 Å². The minimum atomic E-state index is -3.64. The molecule has 78 valence electrons. The number of hydrogen-bond donors (Lipinski definition) is 1. The molecule has 0 saturated heterocycles. The van der Waals surface area contributed by atoms with Crippen LogP contribution >= 0.6 is 0 Å². The highest BCUT2D eigenvalue weighted by molar-refractivity contribution is 7.90. The molecule has 1 aromatic carbocycles. The van der Waals surface area contributed by atoms with Crippen LogP contribution in [0, 0.1) is 11.3 Å². The van der Waals surface area contributed by atoms with E-state index in [9.17, 15) is 13.2 Å². The molecule has 0 aliphatic carbocycles. The third kappa shape index (κ3) is 2.33. The van der Waals surface area contributed by atoms with Crippen LogP contribution in [0.25, 0.3) is 0 Å². The summed E-state index contributed by atoms with van der Waals surface area (Å²) >= 11 is 0. The minimum Gasteiger partial charge on any atom is -0.478 e. The predicted molar refractivity (Wildman–Crippen MR) is 51.2 cm³/mol. The molecule has 15 heavy (non-hydrogen) atoms. The van der Waals surface area contributed by atoms with E-state index in [0.29, 0.717) is 0 Å². The second-order valence-electron chi connectivity index (χ2n) is 2.90. The number of aromatic carboxylic acids is 1. The van der Waals surface area contributed by atoms with Gasteiger partial charge >= 0.3 is 5.97 Å². The summed E-state index contributed by atoms with van der Waals surface area (Å²) in [7, 11) is -3.64. The van der Waals surface area contributed by atoms with Crippen LogP contribution in [-0.2, 0) is 9.84 Å². The molecule has 0 amide bonds. The second kappa shape index (κ2) is 3.71. The van der Waals surface area contributed by atoms with Gasteiger partial charge in [-0.1, -0.05) is 0 Å². The average molecular weight is 225 g/mol. The van der Waals surface area contributed by atoms with Gasteiger partial charge in [-0.05, 0) is 18.2 Å². The maximum Gasteiger partial charge on any atom is 0.337 e. The number of hydrogen-bond acceptors (Lipinski definition) is 4. The lowest BCUT2D eigenvalue weighted by atomic mass is 10.1. The smallest absolute Gasteiger partial charge is 0.337 e. The van der Waals surface area contributed by atoms with Crippen LogP contribution in [0.15, 0.2) is 23.1 Å². The number of carboxylic acid groups (broad SMARTS) is 1. The van der Waals surface area contributed by atoms with Crippen molar-refractivity contribution in [2.75, 3.05) is 6.26 Å². The quantitative estimate of drug-likeness (QED) is 0.797. The molecule has 0 aliphatic heterocycles. The fourth-order valence-electron chi connectivity index (χ4n) is 1.08. The molecule has 0 spiro atoms. The van der Waals surface area contributed by atoms with Gasteiger partial charge in [-0.15, -0.1) is 0 Å². The number of rotatable bonds is 2. The topological polar surface area (TPSA) is 95.2 Å². The standard InChI is InChI=1S/C9H7NO4S/c1-15(13,14)8-4-6(5-10)2-3-7(8)9(11)12/h2-4H,1H3,(H,11,12). The summed E-state index contributed by atoms with van der Waals surface area (Å²) in [4.78, 5) is 10.4. The van der Waals surface area contributed by atoms with E-state index >= 15 is 0 Å². The van der Waals surface area contributed by atoms with E-state index in [1.54, 1.807) is 6.07 Å². The number of carbonyl (C=O) groups is 1. The molecule has 0 fully saturated rings. The Kier molecular flexibility index (Phi) is 2.77. The first-order valence-corrected chi connectivity index (χ1v) is 5.73. The van der Waals surface area contributed by atoms with Gasteiger partial charge in [0, 0.05) is 6.26 Å². The zero-order valence-corrected chi connectivity index (χ0v) is 8.58. The van der Waals surface area contributed by atoms with Crippen LogP contribution in [0.4, 0.5) is 0 Å². The highest BCUT2D eigenvalue weighted by Gasteiger charge is 2.18. The summed E-state index contributed by atoms with van der Waals surface area (Å²) in [6.45, 7) is 0. The molecule has 1 rings (SSSR count). The van der Waals surface area contributed by atoms with Crippen molar-refractivity contribution >= 4 is 15.8 Å². The fraction of sp³-hybridized carbons (Fsp3) is 0.111. The molecular formula is C9H7NO4S. The summed E-state index contributed by atoms with van der Waals surface area (Å²) in [6, 6.07) is 5.17. The lowest BCUT2D eigenvalue weighted by Crippen LogP contribution is -2.07. The average Bonchev–Trinajstić information content (AvgIpc) is 2.15. The zero-order valence-electron chi connectivity index (χ0n) is 7.76. The van der Waals surface area contributed by atoms with Crippen molar-refractivity contribution in [2.24, 2.45) is 0 Å². The Labute approximate surface area is 86.5 Å². The summed E-state index contributed by atoms with van der Waals surface area (Å²) in [6.07, 6.45) is 0.899. The Balaban J connectivity index is 3.59. The van der Waals surface area contributed by atoms with Gasteiger partial charge in [0.15, 0.2) is 9.84 Å². The highest BCUT2D eigenvalue weighted by Crippen LogP contribution is 2.17. The highest BCUT2D eigenvalue weighted by atomic mass is 32.2. The van der Waals surface area contributed by atoms with E-state index < -0.39 is 15.8 Å². The summed E-state index contributed by atoms with van der Waals surface area (Å²) < 4.78 is 22.5. The van der Waals surface area contributed by atoms with Gasteiger partial charge in [0.25, 0.3) is 0 Å². The normalized spacial score (nSPS) is 10.7. The van der Waals surface area contributed by atoms with Crippen molar-refractivity contribution in [3.05, 3.63) is 29.3 Å². The van der Waals surface area contributed by atoms with Gasteiger partial charge in [-0.3, -0.25) is 0 Å². The van der Waals surface area contributed by atoms with E-state index in [2.05, 4.69) is 0 Å². The predicted octanol–water partition coefficient (Wildman–Crippen LogP) is 0.660. The van der Waals surface area contributed by atoms with Gasteiger partial charge in [-0.2, -0.15) is 5.26 Å². The monoisotopic (exact) mass is 225 g/mol. The van der Waals surface area contributed by atoms with Gasteiger partial charge in [0.1, 0.15) is 0 Å². The first-order valence-electron chi connectivity index (χ1n) is 3.84. The third-order valence-electron chi connectivity index (χ3n) is 1.74. The van der Waals surface area contributed by atoms with Crippen molar-refractivity contribution in [1.29, 1.82) is 5.26 Å². The van der Waals surface area contributed by atoms with E-state index in [4.69, 9.17) is 10.4 Å². The molecule has 1 N–H and O–H groups in total. The molecular weight excluding hydrogens is 218 g/mol. The number of benzene rings is 1. The molecule has 6 heteroatoms. The van der Waals surface area contributed by atoms with Crippen LogP contribution in [-0.4, -0.2) is 25.7 Å². The van der Waals surface area contributed by atoms with E-state index in [1.807, 2.05) is 0 Å². The molecule has 0 heterocycles. The molecule has 0 bridgehead atoms. The first-order chi connectivity index (χ1) is 6.86. The summed E-state index contributed by atoms with van der Waals surface area (Å²) in [5.41, 5.74) is -0.211. The van der Waals surface area contributed by atoms with Crippen molar-refractivity contribution < 1.29 is 18.3 Å². The van der Waals surface area contributed by atoms with Crippen LogP contribution in [0.1, 0.15) is 15.9 Å². The fourth-order valence-corrected chi connectivity index (χ4v) is 1.97. The molecule has 0 unspecified atom stereocenters. The Morgan fingerprint density at radius 1 is 1.47 bits per heavy atom. The Bertz CT molecular complexity index is 554. The van der Waals surface area contributed by atoms with Gasteiger partial charge in [0.05, 0.1) is 22.1 Å². The first kappa shape index (κ1) is 11.2. The maximum atomic E-state index is 11.3. The second-order valence-corrected chi connectivity index (χ2v) is 4.88. The molecule has 0 atom stereocenters. The Morgan fingerprint density at radius 3 is 2.47 bits per heavy atom. The van der Waals surface area contributed by atoms with Crippen LogP contribution in [0.2, 0.25) is 0 Å². The summed E-state index contributed by atoms with van der Waals surface area (Å²) in [5.74, 6) is -1.33. The summed E-state index contributed by atoms with van der Waals surface area (Å²) in [5, 5.41) is 17.3. The van der Waals surface area contributed by atoms with Gasteiger partial charge in [-0.25, -0.2) is 13.2 Å². The van der Waals surface area contributed by atoms with Crippen molar-refractivity contribution in [3.8, 4) is 6.07 Å². The number of nitrogens with zero attached hydrogens (tertiary/aromatic N) is 1. The van der Waals surface area contributed by atoms with Crippen molar-refractivity contribution in [1.82, 2.24) is 0 Å². The molecule has 1 aromatic rings. The largest absolute Gasteiger partial charge is 0.478 e.